The molecule has 242 valence electrons. The first kappa shape index (κ1) is 30.3. The van der Waals surface area contributed by atoms with Crippen LogP contribution in [0, 0.1) is 0 Å². The van der Waals surface area contributed by atoms with Gasteiger partial charge in [0.15, 0.2) is 0 Å². The Morgan fingerprint density at radius 3 is 1.98 bits per heavy atom. The molecule has 4 nitrogen and oxygen atoms in total. The summed E-state index contributed by atoms with van der Waals surface area (Å²) in [6.07, 6.45) is 3.94. The number of para-hydroxylation sites is 1. The average molecular weight is 655 g/mol. The Morgan fingerprint density at radius 2 is 1.24 bits per heavy atom. The molecule has 0 radical (unpaired) electrons. The van der Waals surface area contributed by atoms with E-state index in [2.05, 4.69) is 150 Å². The van der Waals surface area contributed by atoms with E-state index in [4.69, 9.17) is 9.98 Å². The fraction of sp³-hybridized carbons (Fsp3) is 0.0213. The molecule has 0 aliphatic carbocycles. The van der Waals surface area contributed by atoms with Crippen molar-refractivity contribution in [2.75, 3.05) is 0 Å². The average Bonchev–Trinajstić information content (AvgIpc) is 3.71. The van der Waals surface area contributed by atoms with Crippen molar-refractivity contribution in [3.8, 4) is 11.5 Å². The highest BCUT2D eigenvalue weighted by atomic mass is 15.1. The summed E-state index contributed by atoms with van der Waals surface area (Å²) in [4.78, 5) is 10.0. The second-order valence-corrected chi connectivity index (χ2v) is 12.8. The van der Waals surface area contributed by atoms with Crippen molar-refractivity contribution in [2.24, 2.45) is 4.99 Å². The van der Waals surface area contributed by atoms with Gasteiger partial charge < -0.3 is 4.57 Å². The molecule has 0 bridgehead atoms. The van der Waals surface area contributed by atoms with E-state index in [0.717, 1.165) is 61.7 Å². The lowest BCUT2D eigenvalue weighted by molar-refractivity contribution is 1.08. The maximum absolute atomic E-state index is 5.19. The minimum Gasteiger partial charge on any atom is -0.307 e. The number of hydrogen-bond acceptors (Lipinski definition) is 2. The van der Waals surface area contributed by atoms with Crippen molar-refractivity contribution in [3.63, 3.8) is 0 Å². The molecule has 0 unspecified atom stereocenters. The monoisotopic (exact) mass is 654 g/mol. The van der Waals surface area contributed by atoms with Crippen LogP contribution in [0.3, 0.4) is 0 Å². The van der Waals surface area contributed by atoms with Gasteiger partial charge in [0.2, 0.25) is 0 Å². The first-order chi connectivity index (χ1) is 25.2. The first-order valence-corrected chi connectivity index (χ1v) is 17.2. The third-order valence-electron chi connectivity index (χ3n) is 9.69. The molecule has 9 rings (SSSR count). The zero-order valence-corrected chi connectivity index (χ0v) is 28.2. The number of allylic oxidation sites excluding steroid dienone is 2. The number of rotatable bonds is 7. The van der Waals surface area contributed by atoms with Gasteiger partial charge in [-0.2, -0.15) is 0 Å². The highest BCUT2D eigenvalue weighted by molar-refractivity contribution is 6.26. The summed E-state index contributed by atoms with van der Waals surface area (Å²) in [6, 6.07) is 57.2. The van der Waals surface area contributed by atoms with E-state index in [-0.39, 0.29) is 0 Å². The van der Waals surface area contributed by atoms with Crippen molar-refractivity contribution >= 4 is 60.6 Å². The number of aliphatic imine (C=N–C) groups is 1. The van der Waals surface area contributed by atoms with Crippen molar-refractivity contribution in [3.05, 3.63) is 199 Å². The summed E-state index contributed by atoms with van der Waals surface area (Å²) in [5.41, 5.74) is 11.6. The molecule has 6 aromatic carbocycles. The Morgan fingerprint density at radius 1 is 0.569 bits per heavy atom. The number of pyridine rings is 1. The predicted octanol–water partition coefficient (Wildman–Crippen LogP) is 11.8. The SMILES string of the molecule is C=C(/C=C(\N=C(C)c1ccc(-n2c3ccccc3c3c2c2c4ccccc4ccc2n3-c2ccccn2)cc1)c1ccccc1)c1ccccc1. The molecule has 0 spiro atoms. The van der Waals surface area contributed by atoms with Crippen molar-refractivity contribution in [1.29, 1.82) is 0 Å². The molecule has 0 aliphatic rings. The fourth-order valence-corrected chi connectivity index (χ4v) is 7.27. The van der Waals surface area contributed by atoms with Gasteiger partial charge in [0.05, 0.1) is 27.8 Å². The van der Waals surface area contributed by atoms with Crippen LogP contribution in [0.2, 0.25) is 0 Å². The van der Waals surface area contributed by atoms with E-state index in [1.165, 1.54) is 27.1 Å². The summed E-state index contributed by atoms with van der Waals surface area (Å²) in [5.74, 6) is 0.898. The summed E-state index contributed by atoms with van der Waals surface area (Å²) in [6.45, 7) is 6.44. The number of aromatic nitrogens is 3. The van der Waals surface area contributed by atoms with Crippen LogP contribution in [0.15, 0.2) is 188 Å². The van der Waals surface area contributed by atoms with E-state index in [1.807, 2.05) is 48.7 Å². The minimum atomic E-state index is 0.873. The Hall–Kier alpha value is -6.78. The zero-order valence-electron chi connectivity index (χ0n) is 28.2. The summed E-state index contributed by atoms with van der Waals surface area (Å²) in [7, 11) is 0. The molecule has 51 heavy (non-hydrogen) atoms. The molecular formula is C47H34N4. The predicted molar refractivity (Wildman–Crippen MR) is 215 cm³/mol. The molecule has 0 amide bonds. The highest BCUT2D eigenvalue weighted by Gasteiger charge is 2.23. The van der Waals surface area contributed by atoms with Crippen molar-refractivity contribution in [1.82, 2.24) is 14.1 Å². The molecule has 0 N–H and O–H groups in total. The molecule has 4 heteroatoms. The van der Waals surface area contributed by atoms with Gasteiger partial charge in [-0.15, -0.1) is 0 Å². The third-order valence-corrected chi connectivity index (χ3v) is 9.69. The van der Waals surface area contributed by atoms with Crippen LogP contribution in [0.4, 0.5) is 0 Å². The van der Waals surface area contributed by atoms with Gasteiger partial charge in [-0.05, 0) is 76.9 Å². The lowest BCUT2D eigenvalue weighted by Gasteiger charge is -2.11. The molecule has 3 heterocycles. The van der Waals surface area contributed by atoms with Gasteiger partial charge in [0.25, 0.3) is 0 Å². The van der Waals surface area contributed by atoms with Crippen LogP contribution in [0.5, 0.6) is 0 Å². The van der Waals surface area contributed by atoms with Crippen molar-refractivity contribution in [2.45, 2.75) is 6.92 Å². The molecule has 0 atom stereocenters. The van der Waals surface area contributed by atoms with Gasteiger partial charge in [-0.3, -0.25) is 9.56 Å². The number of fused-ring (bicyclic) bond motifs is 7. The molecule has 9 aromatic rings. The Kier molecular flexibility index (Phi) is 7.48. The zero-order chi connectivity index (χ0) is 34.3. The number of hydrogen-bond donors (Lipinski definition) is 0. The maximum Gasteiger partial charge on any atom is 0.137 e. The standard InChI is InChI=1S/C47H34N4/c1-32(34-15-5-3-6-16-34)31-41(37-18-7-4-8-19-37)49-33(2)35-24-27-38(28-25-35)50-42-22-12-11-21-40(42)46-47(50)45-39-20-10-9-17-36(39)26-29-43(45)51(46)44-23-13-14-30-48-44/h3-31H,1H2,2H3/b41-31-,49-33?. The quantitative estimate of drug-likeness (QED) is 0.124. The van der Waals surface area contributed by atoms with E-state index < -0.39 is 0 Å². The smallest absolute Gasteiger partial charge is 0.137 e. The summed E-state index contributed by atoms with van der Waals surface area (Å²) < 4.78 is 4.73. The topological polar surface area (TPSA) is 35.1 Å². The molecule has 0 fully saturated rings. The van der Waals surface area contributed by atoms with Gasteiger partial charge in [-0.25, -0.2) is 4.98 Å². The van der Waals surface area contributed by atoms with Crippen molar-refractivity contribution < 1.29 is 0 Å². The van der Waals surface area contributed by atoms with Crippen LogP contribution < -0.4 is 0 Å². The highest BCUT2D eigenvalue weighted by Crippen LogP contribution is 2.43. The Labute approximate surface area is 296 Å². The van der Waals surface area contributed by atoms with Crippen LogP contribution in [0.1, 0.15) is 23.6 Å². The van der Waals surface area contributed by atoms with E-state index in [1.54, 1.807) is 0 Å². The molecule has 0 aliphatic heterocycles. The third kappa shape index (κ3) is 5.25. The maximum atomic E-state index is 5.19. The number of benzene rings is 6. The largest absolute Gasteiger partial charge is 0.307 e. The molecular weight excluding hydrogens is 621 g/mol. The van der Waals surface area contributed by atoms with E-state index >= 15 is 0 Å². The summed E-state index contributed by atoms with van der Waals surface area (Å²) >= 11 is 0. The van der Waals surface area contributed by atoms with Gasteiger partial charge in [0.1, 0.15) is 5.82 Å². The Bertz CT molecular complexity index is 2780. The van der Waals surface area contributed by atoms with Crippen LogP contribution in [-0.2, 0) is 0 Å². The molecule has 0 saturated heterocycles. The second-order valence-electron chi connectivity index (χ2n) is 12.8. The lowest BCUT2D eigenvalue weighted by Crippen LogP contribution is -1.99. The summed E-state index contributed by atoms with van der Waals surface area (Å²) in [5, 5.41) is 4.82. The first-order valence-electron chi connectivity index (χ1n) is 17.2. The Balaban J connectivity index is 1.22. The van der Waals surface area contributed by atoms with Gasteiger partial charge in [0, 0.05) is 33.9 Å². The van der Waals surface area contributed by atoms with Crippen LogP contribution in [0.25, 0.3) is 66.4 Å². The fourth-order valence-electron chi connectivity index (χ4n) is 7.27. The second kappa shape index (κ2) is 12.6. The van der Waals surface area contributed by atoms with Crippen LogP contribution >= 0.6 is 0 Å². The normalized spacial score (nSPS) is 12.3. The van der Waals surface area contributed by atoms with E-state index in [9.17, 15) is 0 Å². The molecule has 0 saturated carbocycles. The lowest BCUT2D eigenvalue weighted by atomic mass is 10.0. The van der Waals surface area contributed by atoms with Gasteiger partial charge >= 0.3 is 0 Å². The minimum absolute atomic E-state index is 0.873. The number of nitrogens with zero attached hydrogens (tertiary/aromatic N) is 4. The van der Waals surface area contributed by atoms with E-state index in [0.29, 0.717) is 0 Å². The molecule has 3 aromatic heterocycles. The van der Waals surface area contributed by atoms with Gasteiger partial charge in [-0.1, -0.05) is 134 Å². The van der Waals surface area contributed by atoms with Crippen LogP contribution in [-0.4, -0.2) is 19.8 Å².